The van der Waals surface area contributed by atoms with Gasteiger partial charge in [0.05, 0.1) is 17.7 Å². The van der Waals surface area contributed by atoms with Gasteiger partial charge < -0.3 is 5.73 Å². The average Bonchev–Trinajstić information content (AvgIpc) is 2.42. The predicted octanol–water partition coefficient (Wildman–Crippen LogP) is 3.76. The first-order valence-corrected chi connectivity index (χ1v) is 6.68. The highest BCUT2D eigenvalue weighted by Crippen LogP contribution is 2.33. The van der Waals surface area contributed by atoms with Crippen molar-refractivity contribution >= 4 is 17.5 Å². The Bertz CT molecular complexity index is 712. The molecule has 1 aromatic carbocycles. The summed E-state index contributed by atoms with van der Waals surface area (Å²) >= 11 is 6.05. The fourth-order valence-corrected chi connectivity index (χ4v) is 2.30. The van der Waals surface area contributed by atoms with E-state index in [9.17, 15) is 18.0 Å². The Balaban J connectivity index is 2.55. The number of nitrogens with zero attached hydrogens (tertiary/aromatic N) is 1. The number of benzene rings is 1. The number of aromatic nitrogens is 1. The zero-order chi connectivity index (χ0) is 16.5. The van der Waals surface area contributed by atoms with E-state index >= 15 is 0 Å². The number of rotatable bonds is 3. The maximum absolute atomic E-state index is 12.6. The number of carbonyl (C=O) groups is 1. The van der Waals surface area contributed by atoms with Crippen molar-refractivity contribution < 1.29 is 18.0 Å². The summed E-state index contributed by atoms with van der Waals surface area (Å²) in [6.07, 6.45) is -3.75. The molecule has 0 spiro atoms. The van der Waals surface area contributed by atoms with Gasteiger partial charge in [0.1, 0.15) is 0 Å². The molecule has 3 nitrogen and oxygen atoms in total. The second-order valence-corrected chi connectivity index (χ2v) is 5.19. The summed E-state index contributed by atoms with van der Waals surface area (Å²) in [5, 5.41) is 0.435. The Morgan fingerprint density at radius 1 is 1.27 bits per heavy atom. The standard InChI is InChI=1S/C15H12ClF3N2O/c1-8-11(16)4-2-9(6-13(20)22)14(8)12-5-3-10(7-21-12)15(17,18)19/h2-5,7H,6H2,1H3,(H2,20,22). The van der Waals surface area contributed by atoms with E-state index in [1.165, 1.54) is 6.07 Å². The second kappa shape index (κ2) is 5.96. The fourth-order valence-electron chi connectivity index (χ4n) is 2.14. The summed E-state index contributed by atoms with van der Waals surface area (Å²) in [5.41, 5.74) is 6.40. The number of alkyl halides is 3. The molecule has 1 aromatic heterocycles. The summed E-state index contributed by atoms with van der Waals surface area (Å²) in [4.78, 5) is 15.0. The number of halogens is 4. The third kappa shape index (κ3) is 3.39. The van der Waals surface area contributed by atoms with Crippen molar-refractivity contribution in [1.82, 2.24) is 4.98 Å². The SMILES string of the molecule is Cc1c(Cl)ccc(CC(N)=O)c1-c1ccc(C(F)(F)F)cn1. The van der Waals surface area contributed by atoms with Gasteiger partial charge in [-0.05, 0) is 36.2 Å². The van der Waals surface area contributed by atoms with E-state index in [1.807, 2.05) is 0 Å². The third-order valence-corrected chi connectivity index (χ3v) is 3.61. The second-order valence-electron chi connectivity index (χ2n) is 4.78. The van der Waals surface area contributed by atoms with Crippen LogP contribution in [0.3, 0.4) is 0 Å². The highest BCUT2D eigenvalue weighted by atomic mass is 35.5. The molecular formula is C15H12ClF3N2O. The van der Waals surface area contributed by atoms with Crippen LogP contribution in [0.1, 0.15) is 16.7 Å². The first-order chi connectivity index (χ1) is 10.2. The van der Waals surface area contributed by atoms with Gasteiger partial charge in [-0.1, -0.05) is 17.7 Å². The molecule has 0 atom stereocenters. The molecular weight excluding hydrogens is 317 g/mol. The van der Waals surface area contributed by atoms with Crippen LogP contribution < -0.4 is 5.73 Å². The molecule has 2 N–H and O–H groups in total. The average molecular weight is 329 g/mol. The molecule has 2 aromatic rings. The van der Waals surface area contributed by atoms with Gasteiger partial charge in [-0.2, -0.15) is 13.2 Å². The number of primary amides is 1. The Hall–Kier alpha value is -2.08. The van der Waals surface area contributed by atoms with Gasteiger partial charge >= 0.3 is 6.18 Å². The lowest BCUT2D eigenvalue weighted by atomic mass is 9.96. The van der Waals surface area contributed by atoms with Crippen LogP contribution in [-0.4, -0.2) is 10.9 Å². The van der Waals surface area contributed by atoms with Crippen LogP contribution >= 0.6 is 11.6 Å². The van der Waals surface area contributed by atoms with Crippen molar-refractivity contribution in [3.05, 3.63) is 52.2 Å². The lowest BCUT2D eigenvalue weighted by Gasteiger charge is -2.14. The quantitative estimate of drug-likeness (QED) is 0.932. The molecule has 1 heterocycles. The van der Waals surface area contributed by atoms with Gasteiger partial charge in [0, 0.05) is 16.8 Å². The van der Waals surface area contributed by atoms with Crippen molar-refractivity contribution in [2.75, 3.05) is 0 Å². The number of pyridine rings is 1. The van der Waals surface area contributed by atoms with Gasteiger partial charge in [0.2, 0.25) is 5.91 Å². The Morgan fingerprint density at radius 2 is 1.95 bits per heavy atom. The third-order valence-electron chi connectivity index (χ3n) is 3.20. The van der Waals surface area contributed by atoms with Gasteiger partial charge in [-0.3, -0.25) is 9.78 Å². The molecule has 0 aliphatic heterocycles. The fraction of sp³-hybridized carbons (Fsp3) is 0.200. The van der Waals surface area contributed by atoms with Crippen molar-refractivity contribution in [3.8, 4) is 11.3 Å². The van der Waals surface area contributed by atoms with Crippen LogP contribution in [0, 0.1) is 6.92 Å². The van der Waals surface area contributed by atoms with E-state index in [1.54, 1.807) is 19.1 Å². The Labute approximate surface area is 129 Å². The largest absolute Gasteiger partial charge is 0.417 e. The van der Waals surface area contributed by atoms with Crippen molar-refractivity contribution in [1.29, 1.82) is 0 Å². The van der Waals surface area contributed by atoms with E-state index < -0.39 is 17.6 Å². The number of hydrogen-bond acceptors (Lipinski definition) is 2. The van der Waals surface area contributed by atoms with E-state index in [0.29, 0.717) is 27.4 Å². The molecule has 116 valence electrons. The topological polar surface area (TPSA) is 56.0 Å². The molecule has 0 saturated carbocycles. The first kappa shape index (κ1) is 16.3. The lowest BCUT2D eigenvalue weighted by Crippen LogP contribution is -2.14. The summed E-state index contributed by atoms with van der Waals surface area (Å²) in [6.45, 7) is 1.71. The normalized spacial score (nSPS) is 11.5. The molecule has 2 rings (SSSR count). The van der Waals surface area contributed by atoms with Gasteiger partial charge in [-0.15, -0.1) is 0 Å². The minimum absolute atomic E-state index is 0.0456. The summed E-state index contributed by atoms with van der Waals surface area (Å²) in [5.74, 6) is -0.546. The molecule has 0 unspecified atom stereocenters. The van der Waals surface area contributed by atoms with Crippen LogP contribution in [0.25, 0.3) is 11.3 Å². The van der Waals surface area contributed by atoms with Crippen molar-refractivity contribution in [2.24, 2.45) is 5.73 Å². The first-order valence-electron chi connectivity index (χ1n) is 6.30. The Morgan fingerprint density at radius 3 is 2.45 bits per heavy atom. The number of amides is 1. The summed E-state index contributed by atoms with van der Waals surface area (Å²) in [6, 6.07) is 5.43. The highest BCUT2D eigenvalue weighted by Gasteiger charge is 2.30. The molecule has 0 bridgehead atoms. The van der Waals surface area contributed by atoms with Crippen LogP contribution in [0.5, 0.6) is 0 Å². The molecule has 1 amide bonds. The minimum atomic E-state index is -4.45. The number of nitrogens with two attached hydrogens (primary N) is 1. The number of hydrogen-bond donors (Lipinski definition) is 1. The van der Waals surface area contributed by atoms with Crippen molar-refractivity contribution in [3.63, 3.8) is 0 Å². The van der Waals surface area contributed by atoms with Gasteiger partial charge in [-0.25, -0.2) is 0 Å². The van der Waals surface area contributed by atoms with E-state index in [4.69, 9.17) is 17.3 Å². The minimum Gasteiger partial charge on any atom is -0.369 e. The molecule has 0 aliphatic rings. The molecule has 22 heavy (non-hydrogen) atoms. The van der Waals surface area contributed by atoms with Gasteiger partial charge in [0.25, 0.3) is 0 Å². The predicted molar refractivity (Wildman–Crippen MR) is 77.3 cm³/mol. The van der Waals surface area contributed by atoms with Crippen molar-refractivity contribution in [2.45, 2.75) is 19.5 Å². The number of carbonyl (C=O) groups excluding carboxylic acids is 1. The maximum atomic E-state index is 12.6. The van der Waals surface area contributed by atoms with Crippen LogP contribution in [0.2, 0.25) is 5.02 Å². The molecule has 0 radical (unpaired) electrons. The maximum Gasteiger partial charge on any atom is 0.417 e. The van der Waals surface area contributed by atoms with E-state index in [0.717, 1.165) is 12.3 Å². The zero-order valence-electron chi connectivity index (χ0n) is 11.5. The molecule has 0 fully saturated rings. The highest BCUT2D eigenvalue weighted by molar-refractivity contribution is 6.31. The smallest absolute Gasteiger partial charge is 0.369 e. The van der Waals surface area contributed by atoms with E-state index in [-0.39, 0.29) is 6.42 Å². The molecule has 0 aliphatic carbocycles. The molecule has 0 saturated heterocycles. The molecule has 7 heteroatoms. The summed E-state index contributed by atoms with van der Waals surface area (Å²) in [7, 11) is 0. The monoisotopic (exact) mass is 328 g/mol. The van der Waals surface area contributed by atoms with E-state index in [2.05, 4.69) is 4.98 Å². The van der Waals surface area contributed by atoms with Crippen LogP contribution in [0.4, 0.5) is 13.2 Å². The van der Waals surface area contributed by atoms with Crippen LogP contribution in [0.15, 0.2) is 30.5 Å². The van der Waals surface area contributed by atoms with Gasteiger partial charge in [0.15, 0.2) is 0 Å². The Kier molecular flexibility index (Phi) is 4.42. The summed E-state index contributed by atoms with van der Waals surface area (Å²) < 4.78 is 37.8. The lowest BCUT2D eigenvalue weighted by molar-refractivity contribution is -0.137. The zero-order valence-corrected chi connectivity index (χ0v) is 12.3. The van der Waals surface area contributed by atoms with Crippen LogP contribution in [-0.2, 0) is 17.4 Å².